The smallest absolute Gasteiger partial charge is 0.161 e. The van der Waals surface area contributed by atoms with Crippen LogP contribution in [0.15, 0.2) is 30.3 Å². The number of nitrogens with zero attached hydrogens (tertiary/aromatic N) is 1. The highest BCUT2D eigenvalue weighted by Crippen LogP contribution is 2.33. The molecule has 1 aliphatic heterocycles. The van der Waals surface area contributed by atoms with Gasteiger partial charge in [-0.15, -0.1) is 0 Å². The number of nitriles is 1. The van der Waals surface area contributed by atoms with E-state index < -0.39 is 0 Å². The molecule has 0 unspecified atom stereocenters. The van der Waals surface area contributed by atoms with E-state index in [1.165, 1.54) is 0 Å². The average Bonchev–Trinajstić information content (AvgIpc) is 2.71. The van der Waals surface area contributed by atoms with E-state index in [2.05, 4.69) is 11.1 Å². The zero-order valence-electron chi connectivity index (χ0n) is 10.7. The average molecular weight is 284 g/mol. The van der Waals surface area contributed by atoms with Gasteiger partial charge in [0.1, 0.15) is 10.7 Å². The number of nitrogens with one attached hydrogen (secondary N) is 1. The quantitative estimate of drug-likeness (QED) is 0.815. The van der Waals surface area contributed by atoms with E-state index in [4.69, 9.17) is 27.0 Å². The second-order valence-corrected chi connectivity index (χ2v) is 4.85. The predicted molar refractivity (Wildman–Crippen MR) is 77.4 cm³/mol. The van der Waals surface area contributed by atoms with Crippen LogP contribution in [0.3, 0.4) is 0 Å². The third kappa shape index (κ3) is 2.38. The largest absolute Gasteiger partial charge is 0.490 e. The van der Waals surface area contributed by atoms with Crippen molar-refractivity contribution in [2.24, 2.45) is 0 Å². The maximum absolute atomic E-state index is 8.90. The third-order valence-electron chi connectivity index (χ3n) is 3.09. The third-order valence-corrected chi connectivity index (χ3v) is 3.41. The van der Waals surface area contributed by atoms with Crippen LogP contribution < -0.4 is 9.47 Å². The molecule has 1 N–H and O–H groups in total. The minimum atomic E-state index is 0.442. The number of aromatic nitrogens is 1. The topological polar surface area (TPSA) is 58.0 Å². The van der Waals surface area contributed by atoms with Crippen LogP contribution in [0.25, 0.3) is 11.3 Å². The summed E-state index contributed by atoms with van der Waals surface area (Å²) in [7, 11) is 0. The summed E-state index contributed by atoms with van der Waals surface area (Å²) in [6, 6.07) is 11.4. The van der Waals surface area contributed by atoms with Crippen molar-refractivity contribution in [3.05, 3.63) is 40.5 Å². The van der Waals surface area contributed by atoms with Crippen molar-refractivity contribution in [2.75, 3.05) is 13.2 Å². The first-order valence-electron chi connectivity index (χ1n) is 6.31. The van der Waals surface area contributed by atoms with Crippen molar-refractivity contribution < 1.29 is 9.47 Å². The van der Waals surface area contributed by atoms with Crippen LogP contribution in [0.5, 0.6) is 11.5 Å². The molecule has 0 aliphatic carbocycles. The zero-order chi connectivity index (χ0) is 13.9. The second kappa shape index (κ2) is 5.35. The van der Waals surface area contributed by atoms with E-state index in [0.717, 1.165) is 29.2 Å². The lowest BCUT2D eigenvalue weighted by Crippen LogP contribution is -1.97. The van der Waals surface area contributed by atoms with Gasteiger partial charge in [-0.05, 0) is 30.3 Å². The van der Waals surface area contributed by atoms with E-state index in [1.54, 1.807) is 6.07 Å². The van der Waals surface area contributed by atoms with Gasteiger partial charge in [-0.1, -0.05) is 12.2 Å². The molecule has 0 saturated heterocycles. The number of benzene rings is 1. The molecule has 100 valence electrons. The van der Waals surface area contributed by atoms with Crippen LogP contribution in [0.2, 0.25) is 0 Å². The van der Waals surface area contributed by atoms with Crippen LogP contribution in [0.1, 0.15) is 12.0 Å². The molecule has 0 radical (unpaired) electrons. The molecule has 2 heterocycles. The minimum Gasteiger partial charge on any atom is -0.490 e. The molecule has 3 rings (SSSR count). The highest BCUT2D eigenvalue weighted by Gasteiger charge is 2.11. The van der Waals surface area contributed by atoms with Crippen molar-refractivity contribution in [1.29, 1.82) is 5.26 Å². The number of aromatic amines is 1. The van der Waals surface area contributed by atoms with Gasteiger partial charge in [-0.3, -0.25) is 0 Å². The fourth-order valence-corrected chi connectivity index (χ4v) is 2.28. The highest BCUT2D eigenvalue weighted by molar-refractivity contribution is 7.71. The van der Waals surface area contributed by atoms with Crippen LogP contribution in [-0.2, 0) is 0 Å². The summed E-state index contributed by atoms with van der Waals surface area (Å²) in [6.07, 6.45) is 0.878. The summed E-state index contributed by atoms with van der Waals surface area (Å²) < 4.78 is 11.7. The first-order valence-corrected chi connectivity index (χ1v) is 6.72. The van der Waals surface area contributed by atoms with Crippen molar-refractivity contribution in [1.82, 2.24) is 4.98 Å². The molecule has 0 amide bonds. The Morgan fingerprint density at radius 1 is 1.10 bits per heavy atom. The Balaban J connectivity index is 2.03. The highest BCUT2D eigenvalue weighted by atomic mass is 32.1. The lowest BCUT2D eigenvalue weighted by molar-refractivity contribution is 0.297. The Hall–Kier alpha value is -2.32. The Morgan fingerprint density at radius 2 is 1.90 bits per heavy atom. The van der Waals surface area contributed by atoms with Gasteiger partial charge in [0.05, 0.1) is 18.8 Å². The van der Waals surface area contributed by atoms with E-state index >= 15 is 0 Å². The fraction of sp³-hybridized carbons (Fsp3) is 0.200. The van der Waals surface area contributed by atoms with E-state index in [-0.39, 0.29) is 0 Å². The van der Waals surface area contributed by atoms with Gasteiger partial charge in [-0.2, -0.15) is 5.26 Å². The first-order chi connectivity index (χ1) is 9.78. The molecule has 0 bridgehead atoms. The van der Waals surface area contributed by atoms with Gasteiger partial charge in [0.25, 0.3) is 0 Å². The SMILES string of the molecule is N#Cc1ccc(-c2ccc3c(c2)OCCCO3)[nH]c1=S. The Labute approximate surface area is 121 Å². The maximum atomic E-state index is 8.90. The zero-order valence-corrected chi connectivity index (χ0v) is 11.5. The summed E-state index contributed by atoms with van der Waals surface area (Å²) in [4.78, 5) is 3.06. The van der Waals surface area contributed by atoms with Gasteiger partial charge in [0.2, 0.25) is 0 Å². The first kappa shape index (κ1) is 12.7. The van der Waals surface area contributed by atoms with Gasteiger partial charge in [0, 0.05) is 17.7 Å². The minimum absolute atomic E-state index is 0.442. The standard InChI is InChI=1S/C15H12N2O2S/c16-9-11-2-4-12(17-15(11)20)10-3-5-13-14(8-10)19-7-1-6-18-13/h2-5,8H,1,6-7H2,(H,17,20). The number of rotatable bonds is 1. The Morgan fingerprint density at radius 3 is 2.65 bits per heavy atom. The van der Waals surface area contributed by atoms with E-state index in [9.17, 15) is 0 Å². The number of pyridine rings is 1. The molecule has 1 aliphatic rings. The molecule has 1 aromatic carbocycles. The summed E-state index contributed by atoms with van der Waals surface area (Å²) in [5.41, 5.74) is 2.27. The number of ether oxygens (including phenoxy) is 2. The summed E-state index contributed by atoms with van der Waals surface area (Å²) >= 11 is 5.15. The number of hydrogen-bond donors (Lipinski definition) is 1. The van der Waals surface area contributed by atoms with Crippen LogP contribution in [0.4, 0.5) is 0 Å². The molecule has 1 aromatic heterocycles. The molecular weight excluding hydrogens is 272 g/mol. The van der Waals surface area contributed by atoms with Crippen molar-refractivity contribution in [3.8, 4) is 28.8 Å². The molecule has 5 heteroatoms. The number of H-pyrrole nitrogens is 1. The number of hydrogen-bond acceptors (Lipinski definition) is 4. The van der Waals surface area contributed by atoms with E-state index in [0.29, 0.717) is 23.4 Å². The summed E-state index contributed by atoms with van der Waals surface area (Å²) in [5.74, 6) is 1.50. The summed E-state index contributed by atoms with van der Waals surface area (Å²) in [6.45, 7) is 1.32. The molecule has 4 nitrogen and oxygen atoms in total. The van der Waals surface area contributed by atoms with Gasteiger partial charge < -0.3 is 14.5 Å². The molecular formula is C15H12N2O2S. The van der Waals surface area contributed by atoms with Crippen LogP contribution in [-0.4, -0.2) is 18.2 Å². The molecule has 0 saturated carbocycles. The van der Waals surface area contributed by atoms with Crippen LogP contribution >= 0.6 is 12.2 Å². The lowest BCUT2D eigenvalue weighted by Gasteiger charge is -2.09. The van der Waals surface area contributed by atoms with Crippen molar-refractivity contribution in [2.45, 2.75) is 6.42 Å². The predicted octanol–water partition coefficient (Wildman–Crippen LogP) is 3.44. The summed E-state index contributed by atoms with van der Waals surface area (Å²) in [5, 5.41) is 8.90. The number of fused-ring (bicyclic) bond motifs is 1. The van der Waals surface area contributed by atoms with Crippen molar-refractivity contribution >= 4 is 12.2 Å². The van der Waals surface area contributed by atoms with E-state index in [1.807, 2.05) is 24.3 Å². The van der Waals surface area contributed by atoms with Crippen molar-refractivity contribution in [3.63, 3.8) is 0 Å². The maximum Gasteiger partial charge on any atom is 0.161 e. The molecule has 20 heavy (non-hydrogen) atoms. The normalized spacial score (nSPS) is 13.3. The van der Waals surface area contributed by atoms with Gasteiger partial charge >= 0.3 is 0 Å². The molecule has 0 atom stereocenters. The monoisotopic (exact) mass is 284 g/mol. The molecule has 0 spiro atoms. The van der Waals surface area contributed by atoms with Gasteiger partial charge in [0.15, 0.2) is 11.5 Å². The van der Waals surface area contributed by atoms with Gasteiger partial charge in [-0.25, -0.2) is 0 Å². The Kier molecular flexibility index (Phi) is 3.40. The Bertz CT molecular complexity index is 746. The molecule has 0 fully saturated rings. The van der Waals surface area contributed by atoms with Crippen LogP contribution in [0, 0.1) is 16.0 Å². The fourth-order valence-electron chi connectivity index (χ4n) is 2.06. The second-order valence-electron chi connectivity index (χ2n) is 4.44. The lowest BCUT2D eigenvalue weighted by atomic mass is 10.1. The molecule has 2 aromatic rings.